The van der Waals surface area contributed by atoms with Gasteiger partial charge in [0.2, 0.25) is 0 Å². The fraction of sp³-hybridized carbons (Fsp3) is 0.417. The van der Waals surface area contributed by atoms with E-state index in [0.717, 1.165) is 0 Å². The zero-order chi connectivity index (χ0) is 12.3. The van der Waals surface area contributed by atoms with E-state index in [-0.39, 0.29) is 11.6 Å². The van der Waals surface area contributed by atoms with Crippen molar-refractivity contribution >= 4 is 5.78 Å². The SMILES string of the molecule is CC(N)C(=O)c1ccc(CN(C)C)c(F)c1. The Hall–Kier alpha value is -1.26. The fourth-order valence-electron chi connectivity index (χ4n) is 1.43. The fourth-order valence-corrected chi connectivity index (χ4v) is 1.43. The lowest BCUT2D eigenvalue weighted by Gasteiger charge is -2.11. The predicted molar refractivity (Wildman–Crippen MR) is 61.8 cm³/mol. The molecule has 3 nitrogen and oxygen atoms in total. The van der Waals surface area contributed by atoms with Gasteiger partial charge in [-0.1, -0.05) is 12.1 Å². The highest BCUT2D eigenvalue weighted by atomic mass is 19.1. The highest BCUT2D eigenvalue weighted by Gasteiger charge is 2.13. The minimum Gasteiger partial charge on any atom is -0.321 e. The number of nitrogens with zero attached hydrogens (tertiary/aromatic N) is 1. The Bertz CT molecular complexity index is 389. The van der Waals surface area contributed by atoms with Gasteiger partial charge in [-0.15, -0.1) is 0 Å². The van der Waals surface area contributed by atoms with Crippen molar-refractivity contribution in [3.63, 3.8) is 0 Å². The van der Waals surface area contributed by atoms with Crippen LogP contribution in [-0.4, -0.2) is 30.8 Å². The molecule has 0 aromatic heterocycles. The number of Topliss-reactive ketones (excluding diaryl/α,β-unsaturated/α-hetero) is 1. The van der Waals surface area contributed by atoms with Crippen molar-refractivity contribution in [2.75, 3.05) is 14.1 Å². The standard InChI is InChI=1S/C12H17FN2O/c1-8(14)12(16)9-4-5-10(7-15(2)3)11(13)6-9/h4-6,8H,7,14H2,1-3H3. The zero-order valence-electron chi connectivity index (χ0n) is 9.83. The van der Waals surface area contributed by atoms with Crippen LogP contribution in [0, 0.1) is 5.82 Å². The summed E-state index contributed by atoms with van der Waals surface area (Å²) in [6, 6.07) is 3.90. The molecule has 0 amide bonds. The lowest BCUT2D eigenvalue weighted by Crippen LogP contribution is -2.26. The molecule has 1 rings (SSSR count). The van der Waals surface area contributed by atoms with E-state index in [2.05, 4.69) is 0 Å². The van der Waals surface area contributed by atoms with E-state index in [0.29, 0.717) is 17.7 Å². The average Bonchev–Trinajstić information content (AvgIpc) is 2.19. The molecule has 88 valence electrons. The molecule has 0 radical (unpaired) electrons. The minimum atomic E-state index is -0.598. The summed E-state index contributed by atoms with van der Waals surface area (Å²) >= 11 is 0. The average molecular weight is 224 g/mol. The second-order valence-corrected chi connectivity index (χ2v) is 4.20. The van der Waals surface area contributed by atoms with Crippen LogP contribution < -0.4 is 5.73 Å². The number of benzene rings is 1. The number of halogens is 1. The van der Waals surface area contributed by atoms with Crippen molar-refractivity contribution in [1.82, 2.24) is 4.90 Å². The molecule has 2 N–H and O–H groups in total. The van der Waals surface area contributed by atoms with E-state index in [9.17, 15) is 9.18 Å². The number of ketones is 1. The lowest BCUT2D eigenvalue weighted by molar-refractivity contribution is 0.0967. The number of hydrogen-bond acceptors (Lipinski definition) is 3. The molecule has 0 aliphatic carbocycles. The summed E-state index contributed by atoms with van der Waals surface area (Å²) < 4.78 is 13.6. The molecule has 0 spiro atoms. The molecular weight excluding hydrogens is 207 g/mol. The van der Waals surface area contributed by atoms with Crippen LogP contribution in [-0.2, 0) is 6.54 Å². The number of carbonyl (C=O) groups excluding carboxylic acids is 1. The van der Waals surface area contributed by atoms with Gasteiger partial charge in [0.05, 0.1) is 6.04 Å². The van der Waals surface area contributed by atoms with E-state index in [1.54, 1.807) is 19.1 Å². The van der Waals surface area contributed by atoms with Crippen molar-refractivity contribution < 1.29 is 9.18 Å². The van der Waals surface area contributed by atoms with E-state index in [4.69, 9.17) is 5.73 Å². The van der Waals surface area contributed by atoms with Gasteiger partial charge in [0, 0.05) is 17.7 Å². The second kappa shape index (κ2) is 5.18. The first-order chi connectivity index (χ1) is 7.41. The van der Waals surface area contributed by atoms with Gasteiger partial charge in [-0.25, -0.2) is 4.39 Å². The molecule has 0 saturated carbocycles. The van der Waals surface area contributed by atoms with Crippen molar-refractivity contribution in [2.24, 2.45) is 5.73 Å². The second-order valence-electron chi connectivity index (χ2n) is 4.20. The van der Waals surface area contributed by atoms with Crippen LogP contribution >= 0.6 is 0 Å². The maximum Gasteiger partial charge on any atom is 0.179 e. The summed E-state index contributed by atoms with van der Waals surface area (Å²) in [6.07, 6.45) is 0. The molecule has 1 unspecified atom stereocenters. The summed E-state index contributed by atoms with van der Waals surface area (Å²) in [5.41, 5.74) is 6.36. The summed E-state index contributed by atoms with van der Waals surface area (Å²) in [5, 5.41) is 0. The van der Waals surface area contributed by atoms with Crippen LogP contribution in [0.1, 0.15) is 22.8 Å². The third kappa shape index (κ3) is 3.12. The molecule has 0 saturated heterocycles. The van der Waals surface area contributed by atoms with Gasteiger partial charge in [0.25, 0.3) is 0 Å². The van der Waals surface area contributed by atoms with Gasteiger partial charge in [0.15, 0.2) is 5.78 Å². The maximum atomic E-state index is 13.6. The van der Waals surface area contributed by atoms with Crippen molar-refractivity contribution in [3.05, 3.63) is 35.1 Å². The quantitative estimate of drug-likeness (QED) is 0.787. The first kappa shape index (κ1) is 12.8. The van der Waals surface area contributed by atoms with Gasteiger partial charge in [-0.3, -0.25) is 4.79 Å². The molecule has 16 heavy (non-hydrogen) atoms. The molecule has 0 heterocycles. The molecule has 1 atom stereocenters. The number of carbonyl (C=O) groups is 1. The first-order valence-electron chi connectivity index (χ1n) is 5.14. The number of hydrogen-bond donors (Lipinski definition) is 1. The molecule has 4 heteroatoms. The highest BCUT2D eigenvalue weighted by Crippen LogP contribution is 2.13. The summed E-state index contributed by atoms with van der Waals surface area (Å²) in [6.45, 7) is 2.10. The highest BCUT2D eigenvalue weighted by molar-refractivity contribution is 5.99. The van der Waals surface area contributed by atoms with Crippen molar-refractivity contribution in [1.29, 1.82) is 0 Å². The Morgan fingerprint density at radius 3 is 2.56 bits per heavy atom. The molecule has 0 aliphatic heterocycles. The van der Waals surface area contributed by atoms with Gasteiger partial charge >= 0.3 is 0 Å². The Morgan fingerprint density at radius 2 is 2.12 bits per heavy atom. The Morgan fingerprint density at radius 1 is 1.50 bits per heavy atom. The topological polar surface area (TPSA) is 46.3 Å². The molecular formula is C12H17FN2O. The van der Waals surface area contributed by atoms with Gasteiger partial charge in [-0.2, -0.15) is 0 Å². The van der Waals surface area contributed by atoms with Crippen molar-refractivity contribution in [2.45, 2.75) is 19.5 Å². The Labute approximate surface area is 95.0 Å². The zero-order valence-corrected chi connectivity index (χ0v) is 9.83. The monoisotopic (exact) mass is 224 g/mol. The molecule has 1 aromatic rings. The van der Waals surface area contributed by atoms with Gasteiger partial charge in [-0.05, 0) is 27.1 Å². The van der Waals surface area contributed by atoms with Crippen molar-refractivity contribution in [3.8, 4) is 0 Å². The summed E-state index contributed by atoms with van der Waals surface area (Å²) in [7, 11) is 3.72. The maximum absolute atomic E-state index is 13.6. The molecule has 1 aromatic carbocycles. The predicted octanol–water partition coefficient (Wildman–Crippen LogP) is 1.42. The van der Waals surface area contributed by atoms with E-state index in [1.165, 1.54) is 6.07 Å². The van der Waals surface area contributed by atoms with Crippen LogP contribution in [0.3, 0.4) is 0 Å². The number of rotatable bonds is 4. The molecule has 0 aliphatic rings. The number of nitrogens with two attached hydrogens (primary N) is 1. The lowest BCUT2D eigenvalue weighted by atomic mass is 10.0. The van der Waals surface area contributed by atoms with Crippen LogP contribution in [0.15, 0.2) is 18.2 Å². The van der Waals surface area contributed by atoms with Gasteiger partial charge in [0.1, 0.15) is 5.82 Å². The van der Waals surface area contributed by atoms with Crippen LogP contribution in [0.25, 0.3) is 0 Å². The van der Waals surface area contributed by atoms with Crippen LogP contribution in [0.5, 0.6) is 0 Å². The summed E-state index contributed by atoms with van der Waals surface area (Å²) in [4.78, 5) is 13.4. The largest absolute Gasteiger partial charge is 0.321 e. The van der Waals surface area contributed by atoms with E-state index in [1.807, 2.05) is 19.0 Å². The summed E-state index contributed by atoms with van der Waals surface area (Å²) in [5.74, 6) is -0.601. The Kier molecular flexibility index (Phi) is 4.15. The third-order valence-electron chi connectivity index (χ3n) is 2.24. The first-order valence-corrected chi connectivity index (χ1v) is 5.14. The normalized spacial score (nSPS) is 12.9. The Balaban J connectivity index is 2.95. The molecule has 0 bridgehead atoms. The van der Waals surface area contributed by atoms with E-state index >= 15 is 0 Å². The van der Waals surface area contributed by atoms with Crippen LogP contribution in [0.4, 0.5) is 4.39 Å². The third-order valence-corrected chi connectivity index (χ3v) is 2.24. The minimum absolute atomic E-state index is 0.240. The van der Waals surface area contributed by atoms with Crippen LogP contribution in [0.2, 0.25) is 0 Å². The smallest absolute Gasteiger partial charge is 0.179 e. The molecule has 0 fully saturated rings. The van der Waals surface area contributed by atoms with E-state index < -0.39 is 6.04 Å². The van der Waals surface area contributed by atoms with Gasteiger partial charge < -0.3 is 10.6 Å².